The highest BCUT2D eigenvalue weighted by Crippen LogP contribution is 2.33. The monoisotopic (exact) mass is 251 g/mol. The van der Waals surface area contributed by atoms with Gasteiger partial charge in [0.05, 0.1) is 4.92 Å². The highest BCUT2D eigenvalue weighted by Gasteiger charge is 2.30. The Hall–Kier alpha value is -1.92. The highest BCUT2D eigenvalue weighted by molar-refractivity contribution is 5.68. The van der Waals surface area contributed by atoms with Crippen molar-refractivity contribution in [1.29, 1.82) is 0 Å². The van der Waals surface area contributed by atoms with Gasteiger partial charge in [-0.25, -0.2) is 9.97 Å². The average molecular weight is 251 g/mol. The van der Waals surface area contributed by atoms with Crippen molar-refractivity contribution in [2.75, 3.05) is 23.7 Å². The molecule has 1 saturated heterocycles. The molecule has 7 nitrogen and oxygen atoms in total. The summed E-state index contributed by atoms with van der Waals surface area (Å²) in [6, 6.07) is 0. The third-order valence-electron chi connectivity index (χ3n) is 3.18. The normalized spacial score (nSPS) is 24.0. The summed E-state index contributed by atoms with van der Waals surface area (Å²) in [5.41, 5.74) is 5.40. The van der Waals surface area contributed by atoms with Gasteiger partial charge in [-0.05, 0) is 18.3 Å². The molecule has 1 aliphatic heterocycles. The zero-order valence-corrected chi connectivity index (χ0v) is 10.5. The zero-order chi connectivity index (χ0) is 13.3. The molecule has 98 valence electrons. The fourth-order valence-corrected chi connectivity index (χ4v) is 2.63. The van der Waals surface area contributed by atoms with Crippen LogP contribution in [-0.2, 0) is 0 Å². The molecule has 1 aliphatic rings. The molecular weight excluding hydrogens is 234 g/mol. The summed E-state index contributed by atoms with van der Waals surface area (Å²) in [5, 5.41) is 11.1. The first-order chi connectivity index (χ1) is 8.49. The number of nitrogens with two attached hydrogens (primary N) is 1. The lowest BCUT2D eigenvalue weighted by molar-refractivity contribution is -0.383. The predicted molar refractivity (Wildman–Crippen MR) is 68.3 cm³/mol. The van der Waals surface area contributed by atoms with Crippen molar-refractivity contribution in [3.63, 3.8) is 0 Å². The Labute approximate surface area is 105 Å². The molecule has 0 amide bonds. The average Bonchev–Trinajstić information content (AvgIpc) is 2.26. The van der Waals surface area contributed by atoms with Crippen molar-refractivity contribution < 1.29 is 4.92 Å². The summed E-state index contributed by atoms with van der Waals surface area (Å²) < 4.78 is 0. The van der Waals surface area contributed by atoms with Crippen LogP contribution in [0.4, 0.5) is 17.3 Å². The minimum absolute atomic E-state index is 0.0733. The summed E-state index contributed by atoms with van der Waals surface area (Å²) in [6.07, 6.45) is 2.41. The first-order valence-corrected chi connectivity index (χ1v) is 5.98. The third kappa shape index (κ3) is 2.34. The standard InChI is InChI=1S/C11H17N5O2/c1-7-3-8(2)5-15(4-7)11-9(16(17)18)10(12)13-6-14-11/h6-8H,3-5H2,1-2H3,(H2,12,13,14)/t7-,8-/m0/s1. The Morgan fingerprint density at radius 1 is 1.39 bits per heavy atom. The van der Waals surface area contributed by atoms with E-state index >= 15 is 0 Å². The van der Waals surface area contributed by atoms with Gasteiger partial charge in [0, 0.05) is 13.1 Å². The number of aromatic nitrogens is 2. The van der Waals surface area contributed by atoms with Crippen LogP contribution in [0.5, 0.6) is 0 Å². The van der Waals surface area contributed by atoms with E-state index < -0.39 is 4.92 Å². The van der Waals surface area contributed by atoms with E-state index in [1.807, 2.05) is 4.90 Å². The third-order valence-corrected chi connectivity index (χ3v) is 3.18. The minimum Gasteiger partial charge on any atom is -0.378 e. The smallest absolute Gasteiger partial charge is 0.353 e. The van der Waals surface area contributed by atoms with Gasteiger partial charge in [0.2, 0.25) is 11.6 Å². The lowest BCUT2D eigenvalue weighted by Gasteiger charge is -2.35. The summed E-state index contributed by atoms with van der Waals surface area (Å²) in [4.78, 5) is 20.2. The van der Waals surface area contributed by atoms with E-state index in [0.717, 1.165) is 19.5 Å². The molecule has 1 aromatic heterocycles. The number of nitro groups is 1. The Balaban J connectivity index is 2.38. The molecule has 1 aromatic rings. The molecule has 18 heavy (non-hydrogen) atoms. The summed E-state index contributed by atoms with van der Waals surface area (Å²) in [7, 11) is 0. The Bertz CT molecular complexity index is 455. The van der Waals surface area contributed by atoms with Crippen molar-refractivity contribution >= 4 is 17.3 Å². The summed E-state index contributed by atoms with van der Waals surface area (Å²) >= 11 is 0. The van der Waals surface area contributed by atoms with Gasteiger partial charge in [-0.15, -0.1) is 0 Å². The Morgan fingerprint density at radius 3 is 2.56 bits per heavy atom. The molecule has 0 aromatic carbocycles. The maximum Gasteiger partial charge on any atom is 0.353 e. The second kappa shape index (κ2) is 4.75. The van der Waals surface area contributed by atoms with E-state index in [4.69, 9.17) is 5.73 Å². The van der Waals surface area contributed by atoms with Crippen LogP contribution in [-0.4, -0.2) is 28.0 Å². The molecular formula is C11H17N5O2. The Morgan fingerprint density at radius 2 is 2.00 bits per heavy atom. The SMILES string of the molecule is C[C@H]1C[C@H](C)CN(c2ncnc(N)c2[N+](=O)[O-])C1. The fourth-order valence-electron chi connectivity index (χ4n) is 2.63. The van der Waals surface area contributed by atoms with Gasteiger partial charge >= 0.3 is 5.69 Å². The van der Waals surface area contributed by atoms with E-state index in [0.29, 0.717) is 17.7 Å². The molecule has 1 fully saturated rings. The molecule has 0 bridgehead atoms. The minimum atomic E-state index is -0.505. The number of hydrogen-bond donors (Lipinski definition) is 1. The van der Waals surface area contributed by atoms with Gasteiger partial charge in [-0.2, -0.15) is 0 Å². The summed E-state index contributed by atoms with van der Waals surface area (Å²) in [5.74, 6) is 1.25. The van der Waals surface area contributed by atoms with E-state index in [9.17, 15) is 10.1 Å². The van der Waals surface area contributed by atoms with Gasteiger partial charge in [-0.1, -0.05) is 13.8 Å². The van der Waals surface area contributed by atoms with Crippen LogP contribution in [0.3, 0.4) is 0 Å². The molecule has 0 spiro atoms. The largest absolute Gasteiger partial charge is 0.378 e. The van der Waals surface area contributed by atoms with Gasteiger partial charge in [-0.3, -0.25) is 10.1 Å². The van der Waals surface area contributed by atoms with E-state index in [2.05, 4.69) is 23.8 Å². The number of nitrogen functional groups attached to an aromatic ring is 1. The first kappa shape index (κ1) is 12.5. The van der Waals surface area contributed by atoms with Crippen molar-refractivity contribution in [3.8, 4) is 0 Å². The summed E-state index contributed by atoms with van der Waals surface area (Å²) in [6.45, 7) is 5.81. The van der Waals surface area contributed by atoms with Gasteiger partial charge < -0.3 is 10.6 Å². The second-order valence-electron chi connectivity index (χ2n) is 5.04. The maximum atomic E-state index is 11.1. The van der Waals surface area contributed by atoms with Gasteiger partial charge in [0.25, 0.3) is 0 Å². The Kier molecular flexibility index (Phi) is 3.31. The van der Waals surface area contributed by atoms with E-state index in [1.54, 1.807) is 0 Å². The van der Waals surface area contributed by atoms with Crippen LogP contribution in [0.2, 0.25) is 0 Å². The lowest BCUT2D eigenvalue weighted by atomic mass is 9.92. The van der Waals surface area contributed by atoms with Crippen LogP contribution in [0.1, 0.15) is 20.3 Å². The predicted octanol–water partition coefficient (Wildman–Crippen LogP) is 1.45. The van der Waals surface area contributed by atoms with Crippen molar-refractivity contribution in [2.45, 2.75) is 20.3 Å². The number of hydrogen-bond acceptors (Lipinski definition) is 6. The number of rotatable bonds is 2. The van der Waals surface area contributed by atoms with Crippen molar-refractivity contribution in [1.82, 2.24) is 9.97 Å². The molecule has 0 radical (unpaired) electrons. The number of nitrogens with zero attached hydrogens (tertiary/aromatic N) is 4. The zero-order valence-electron chi connectivity index (χ0n) is 10.5. The van der Waals surface area contributed by atoms with Crippen LogP contribution in [0, 0.1) is 22.0 Å². The molecule has 0 unspecified atom stereocenters. The van der Waals surface area contributed by atoms with Crippen LogP contribution < -0.4 is 10.6 Å². The highest BCUT2D eigenvalue weighted by atomic mass is 16.6. The van der Waals surface area contributed by atoms with Gasteiger partial charge in [0.1, 0.15) is 6.33 Å². The quantitative estimate of drug-likeness (QED) is 0.631. The molecule has 2 N–H and O–H groups in total. The van der Waals surface area contributed by atoms with E-state index in [1.165, 1.54) is 6.33 Å². The molecule has 0 saturated carbocycles. The van der Waals surface area contributed by atoms with Crippen LogP contribution in [0.25, 0.3) is 0 Å². The lowest BCUT2D eigenvalue weighted by Crippen LogP contribution is -2.39. The van der Waals surface area contributed by atoms with Gasteiger partial charge in [0.15, 0.2) is 0 Å². The second-order valence-corrected chi connectivity index (χ2v) is 5.04. The molecule has 2 heterocycles. The fraction of sp³-hybridized carbons (Fsp3) is 0.636. The molecule has 7 heteroatoms. The molecule has 2 rings (SSSR count). The van der Waals surface area contributed by atoms with Crippen molar-refractivity contribution in [2.24, 2.45) is 11.8 Å². The molecule has 2 atom stereocenters. The topological polar surface area (TPSA) is 98.2 Å². The van der Waals surface area contributed by atoms with Crippen molar-refractivity contribution in [3.05, 3.63) is 16.4 Å². The first-order valence-electron chi connectivity index (χ1n) is 5.98. The van der Waals surface area contributed by atoms with Crippen LogP contribution >= 0.6 is 0 Å². The van der Waals surface area contributed by atoms with E-state index in [-0.39, 0.29) is 11.5 Å². The molecule has 0 aliphatic carbocycles. The van der Waals surface area contributed by atoms with Crippen LogP contribution in [0.15, 0.2) is 6.33 Å². The maximum absolute atomic E-state index is 11.1. The number of piperidine rings is 1. The number of anilines is 2.